The van der Waals surface area contributed by atoms with Crippen LogP contribution in [0.3, 0.4) is 0 Å². The number of rotatable bonds is 6. The molecule has 0 fully saturated rings. The average Bonchev–Trinajstić information content (AvgIpc) is 2.87. The molecule has 0 aliphatic carbocycles. The molecule has 2 N–H and O–H groups in total. The quantitative estimate of drug-likeness (QED) is 0.638. The van der Waals surface area contributed by atoms with Crippen molar-refractivity contribution in [3.63, 3.8) is 0 Å². The van der Waals surface area contributed by atoms with Crippen molar-refractivity contribution in [1.82, 2.24) is 10.2 Å². The number of nitrogens with zero attached hydrogens (tertiary/aromatic N) is 2. The van der Waals surface area contributed by atoms with Gasteiger partial charge in [-0.05, 0) is 37.9 Å². The Bertz CT molecular complexity index is 666. The fourth-order valence-corrected chi connectivity index (χ4v) is 4.08. The number of hydrogen-bond donors (Lipinski definition) is 2. The van der Waals surface area contributed by atoms with E-state index in [0.717, 1.165) is 26.4 Å². The third-order valence-electron chi connectivity index (χ3n) is 2.21. The molecule has 0 saturated carbocycles. The Morgan fingerprint density at radius 3 is 2.86 bits per heavy atom. The SMILES string of the molecule is COc1cc(Nc2nnc(SCC(=O)O)s2)c(Br)cc1Br. The molecule has 0 unspecified atom stereocenters. The highest BCUT2D eigenvalue weighted by atomic mass is 79.9. The van der Waals surface area contributed by atoms with E-state index in [0.29, 0.717) is 15.2 Å². The average molecular weight is 455 g/mol. The lowest BCUT2D eigenvalue weighted by Gasteiger charge is -2.09. The topological polar surface area (TPSA) is 84.3 Å². The molecule has 2 rings (SSSR count). The third kappa shape index (κ3) is 4.56. The van der Waals surface area contributed by atoms with Crippen molar-refractivity contribution in [3.05, 3.63) is 21.1 Å². The molecule has 0 atom stereocenters. The van der Waals surface area contributed by atoms with Gasteiger partial charge in [-0.25, -0.2) is 0 Å². The maximum atomic E-state index is 10.5. The van der Waals surface area contributed by atoms with E-state index in [1.165, 1.54) is 11.3 Å². The molecule has 0 radical (unpaired) electrons. The van der Waals surface area contributed by atoms with Gasteiger partial charge in [0.25, 0.3) is 0 Å². The molecule has 21 heavy (non-hydrogen) atoms. The lowest BCUT2D eigenvalue weighted by Crippen LogP contribution is -1.96. The van der Waals surface area contributed by atoms with E-state index < -0.39 is 5.97 Å². The molecular weight excluding hydrogens is 446 g/mol. The van der Waals surface area contributed by atoms with E-state index in [9.17, 15) is 4.79 Å². The lowest BCUT2D eigenvalue weighted by molar-refractivity contribution is -0.133. The number of thioether (sulfide) groups is 1. The van der Waals surface area contributed by atoms with E-state index in [-0.39, 0.29) is 5.75 Å². The molecule has 0 aliphatic heterocycles. The Hall–Kier alpha value is -0.840. The summed E-state index contributed by atoms with van der Waals surface area (Å²) in [5, 5.41) is 20.2. The van der Waals surface area contributed by atoms with E-state index in [2.05, 4.69) is 47.4 Å². The van der Waals surface area contributed by atoms with E-state index in [1.807, 2.05) is 12.1 Å². The summed E-state index contributed by atoms with van der Waals surface area (Å²) in [4.78, 5) is 10.5. The second-order valence-corrected chi connectivity index (χ2v) is 7.56. The number of aromatic nitrogens is 2. The van der Waals surface area contributed by atoms with Crippen molar-refractivity contribution in [1.29, 1.82) is 0 Å². The molecular formula is C11H9Br2N3O3S2. The number of benzene rings is 1. The summed E-state index contributed by atoms with van der Waals surface area (Å²) in [5.74, 6) is -0.236. The number of aliphatic carboxylic acids is 1. The van der Waals surface area contributed by atoms with Crippen LogP contribution in [-0.2, 0) is 4.79 Å². The maximum absolute atomic E-state index is 10.5. The number of carboxylic acids is 1. The van der Waals surface area contributed by atoms with Crippen molar-refractivity contribution >= 4 is 71.7 Å². The fourth-order valence-electron chi connectivity index (χ4n) is 1.34. The molecule has 0 saturated heterocycles. The second-order valence-electron chi connectivity index (χ2n) is 3.65. The number of methoxy groups -OCH3 is 1. The largest absolute Gasteiger partial charge is 0.495 e. The van der Waals surface area contributed by atoms with Crippen molar-refractivity contribution in [3.8, 4) is 5.75 Å². The van der Waals surface area contributed by atoms with Gasteiger partial charge in [-0.15, -0.1) is 10.2 Å². The Labute approximate surface area is 145 Å². The zero-order valence-electron chi connectivity index (χ0n) is 10.6. The van der Waals surface area contributed by atoms with Crippen LogP contribution >= 0.6 is 55.0 Å². The summed E-state index contributed by atoms with van der Waals surface area (Å²) in [6.07, 6.45) is 0. The van der Waals surface area contributed by atoms with Crippen molar-refractivity contribution in [2.75, 3.05) is 18.2 Å². The minimum atomic E-state index is -0.884. The molecule has 112 valence electrons. The fraction of sp³-hybridized carbons (Fsp3) is 0.182. The van der Waals surface area contributed by atoms with Gasteiger partial charge in [-0.1, -0.05) is 23.1 Å². The summed E-state index contributed by atoms with van der Waals surface area (Å²) in [5.41, 5.74) is 0.779. The molecule has 0 amide bonds. The maximum Gasteiger partial charge on any atom is 0.313 e. The first kappa shape index (κ1) is 16.5. The summed E-state index contributed by atoms with van der Waals surface area (Å²) < 4.78 is 7.51. The normalized spacial score (nSPS) is 10.4. The van der Waals surface area contributed by atoms with Crippen LogP contribution in [0.25, 0.3) is 0 Å². The second kappa shape index (κ2) is 7.43. The summed E-state index contributed by atoms with van der Waals surface area (Å²) in [6, 6.07) is 3.68. The summed E-state index contributed by atoms with van der Waals surface area (Å²) in [6.45, 7) is 0. The van der Waals surface area contributed by atoms with Crippen LogP contribution in [0.2, 0.25) is 0 Å². The molecule has 0 bridgehead atoms. The van der Waals surface area contributed by atoms with Crippen LogP contribution in [0.1, 0.15) is 0 Å². The lowest BCUT2D eigenvalue weighted by atomic mass is 10.3. The molecule has 10 heteroatoms. The highest BCUT2D eigenvalue weighted by Crippen LogP contribution is 2.37. The number of anilines is 2. The zero-order chi connectivity index (χ0) is 15.4. The van der Waals surface area contributed by atoms with Gasteiger partial charge in [0.2, 0.25) is 5.13 Å². The first-order valence-corrected chi connectivity index (χ1v) is 8.86. The number of nitrogens with one attached hydrogen (secondary N) is 1. The van der Waals surface area contributed by atoms with Crippen LogP contribution in [0.4, 0.5) is 10.8 Å². The van der Waals surface area contributed by atoms with E-state index in [1.54, 1.807) is 7.11 Å². The van der Waals surface area contributed by atoms with Crippen LogP contribution in [0.15, 0.2) is 25.4 Å². The van der Waals surface area contributed by atoms with Gasteiger partial charge < -0.3 is 15.2 Å². The van der Waals surface area contributed by atoms with Gasteiger partial charge in [0.05, 0.1) is 23.0 Å². The molecule has 2 aromatic rings. The minimum Gasteiger partial charge on any atom is -0.495 e. The Balaban J connectivity index is 2.13. The number of ether oxygens (including phenoxy) is 1. The number of halogens is 2. The zero-order valence-corrected chi connectivity index (χ0v) is 15.4. The number of hydrogen-bond acceptors (Lipinski definition) is 7. The summed E-state index contributed by atoms with van der Waals surface area (Å²) in [7, 11) is 1.59. The first-order valence-electron chi connectivity index (χ1n) is 5.47. The molecule has 0 aliphatic rings. The predicted octanol–water partition coefficient (Wildman–Crippen LogP) is 3.99. The highest BCUT2D eigenvalue weighted by molar-refractivity contribution is 9.11. The molecule has 1 heterocycles. The molecule has 1 aromatic carbocycles. The third-order valence-corrected chi connectivity index (χ3v) is 5.44. The van der Waals surface area contributed by atoms with Gasteiger partial charge in [0.15, 0.2) is 4.34 Å². The van der Waals surface area contributed by atoms with Crippen molar-refractivity contribution < 1.29 is 14.6 Å². The van der Waals surface area contributed by atoms with Gasteiger partial charge in [-0.3, -0.25) is 4.79 Å². The first-order chi connectivity index (χ1) is 9.99. The molecule has 6 nitrogen and oxygen atoms in total. The van der Waals surface area contributed by atoms with Gasteiger partial charge >= 0.3 is 5.97 Å². The van der Waals surface area contributed by atoms with E-state index >= 15 is 0 Å². The standard InChI is InChI=1S/C11H9Br2N3O3S2/c1-19-8-3-7(5(12)2-6(8)13)14-10-15-16-11(21-10)20-4-9(17)18/h2-3H,4H2,1H3,(H,14,15)(H,17,18). The Morgan fingerprint density at radius 2 is 2.19 bits per heavy atom. The van der Waals surface area contributed by atoms with Crippen LogP contribution < -0.4 is 10.1 Å². The minimum absolute atomic E-state index is 0.0373. The van der Waals surface area contributed by atoms with E-state index in [4.69, 9.17) is 9.84 Å². The smallest absolute Gasteiger partial charge is 0.313 e. The van der Waals surface area contributed by atoms with Crippen molar-refractivity contribution in [2.45, 2.75) is 4.34 Å². The monoisotopic (exact) mass is 453 g/mol. The van der Waals surface area contributed by atoms with Crippen LogP contribution in [-0.4, -0.2) is 34.1 Å². The number of carboxylic acid groups (broad SMARTS) is 1. The molecule has 0 spiro atoms. The Kier molecular flexibility index (Phi) is 5.85. The van der Waals surface area contributed by atoms with Crippen molar-refractivity contribution in [2.24, 2.45) is 0 Å². The Morgan fingerprint density at radius 1 is 1.43 bits per heavy atom. The highest BCUT2D eigenvalue weighted by Gasteiger charge is 2.11. The number of carbonyl (C=O) groups is 1. The van der Waals surface area contributed by atoms with Crippen LogP contribution in [0, 0.1) is 0 Å². The van der Waals surface area contributed by atoms with Gasteiger partial charge in [0, 0.05) is 10.5 Å². The van der Waals surface area contributed by atoms with Gasteiger partial charge in [-0.2, -0.15) is 0 Å². The van der Waals surface area contributed by atoms with Crippen LogP contribution in [0.5, 0.6) is 5.75 Å². The predicted molar refractivity (Wildman–Crippen MR) is 89.9 cm³/mol. The summed E-state index contributed by atoms with van der Waals surface area (Å²) >= 11 is 9.27. The molecule has 1 aromatic heterocycles. The van der Waals surface area contributed by atoms with Gasteiger partial charge in [0.1, 0.15) is 5.75 Å².